The van der Waals surface area contributed by atoms with E-state index in [2.05, 4.69) is 20.2 Å². The molecule has 1 aliphatic rings. The standard InChI is InChI=1S/C10H13F2N3O3/c1-6-14-8(18-15-6)2-3-13-5-7-4-10(11,12)9(16)17-7/h7,13H,2-5H2,1H3. The SMILES string of the molecule is Cc1noc(CCNCC2CC(F)(F)C(=O)O2)n1. The molecule has 1 aromatic rings. The highest BCUT2D eigenvalue weighted by Gasteiger charge is 2.50. The number of ether oxygens (including phenoxy) is 1. The Hall–Kier alpha value is -1.57. The van der Waals surface area contributed by atoms with Crippen LogP contribution < -0.4 is 5.32 Å². The number of hydrogen-bond acceptors (Lipinski definition) is 6. The molecule has 0 radical (unpaired) electrons. The molecule has 1 atom stereocenters. The summed E-state index contributed by atoms with van der Waals surface area (Å²) in [5.74, 6) is -3.76. The van der Waals surface area contributed by atoms with Gasteiger partial charge in [-0.2, -0.15) is 13.8 Å². The lowest BCUT2D eigenvalue weighted by molar-refractivity contribution is -0.159. The van der Waals surface area contributed by atoms with E-state index < -0.39 is 24.4 Å². The van der Waals surface area contributed by atoms with Crippen LogP contribution in [0.5, 0.6) is 0 Å². The number of esters is 1. The number of rotatable bonds is 5. The molecule has 100 valence electrons. The van der Waals surface area contributed by atoms with Crippen molar-refractivity contribution in [1.29, 1.82) is 0 Å². The van der Waals surface area contributed by atoms with Crippen molar-refractivity contribution in [3.8, 4) is 0 Å². The van der Waals surface area contributed by atoms with Gasteiger partial charge < -0.3 is 14.6 Å². The number of nitrogens with zero attached hydrogens (tertiary/aromatic N) is 2. The summed E-state index contributed by atoms with van der Waals surface area (Å²) in [7, 11) is 0. The van der Waals surface area contributed by atoms with Gasteiger partial charge >= 0.3 is 11.9 Å². The zero-order chi connectivity index (χ0) is 13.2. The number of carbonyl (C=O) groups excluding carboxylic acids is 1. The topological polar surface area (TPSA) is 77.2 Å². The molecule has 1 N–H and O–H groups in total. The van der Waals surface area contributed by atoms with Gasteiger partial charge in [-0.15, -0.1) is 0 Å². The minimum Gasteiger partial charge on any atom is -0.456 e. The molecule has 0 saturated carbocycles. The highest BCUT2D eigenvalue weighted by atomic mass is 19.3. The molecule has 6 nitrogen and oxygen atoms in total. The number of cyclic esters (lactones) is 1. The van der Waals surface area contributed by atoms with Crippen molar-refractivity contribution in [2.45, 2.75) is 31.8 Å². The molecule has 8 heteroatoms. The van der Waals surface area contributed by atoms with E-state index in [9.17, 15) is 13.6 Å². The molecule has 0 aliphatic carbocycles. The molecule has 0 amide bonds. The van der Waals surface area contributed by atoms with E-state index in [0.717, 1.165) is 0 Å². The van der Waals surface area contributed by atoms with Crippen LogP contribution >= 0.6 is 0 Å². The van der Waals surface area contributed by atoms with Gasteiger partial charge in [0, 0.05) is 19.5 Å². The number of carbonyl (C=O) groups is 1. The van der Waals surface area contributed by atoms with Crippen LogP contribution in [0.3, 0.4) is 0 Å². The zero-order valence-corrected chi connectivity index (χ0v) is 9.78. The number of aryl methyl sites for hydroxylation is 1. The minimum absolute atomic E-state index is 0.189. The van der Waals surface area contributed by atoms with Crippen molar-refractivity contribution in [2.24, 2.45) is 0 Å². The number of aromatic nitrogens is 2. The summed E-state index contributed by atoms with van der Waals surface area (Å²) < 4.78 is 35.1. The van der Waals surface area contributed by atoms with Gasteiger partial charge in [0.05, 0.1) is 6.42 Å². The summed E-state index contributed by atoms with van der Waals surface area (Å²) >= 11 is 0. The second-order valence-electron chi connectivity index (χ2n) is 4.13. The van der Waals surface area contributed by atoms with Crippen molar-refractivity contribution in [3.05, 3.63) is 11.7 Å². The molecule has 2 heterocycles. The third kappa shape index (κ3) is 3.00. The van der Waals surface area contributed by atoms with Crippen LogP contribution in [0.25, 0.3) is 0 Å². The molecule has 1 fully saturated rings. The van der Waals surface area contributed by atoms with E-state index in [1.165, 1.54) is 0 Å². The molecule has 2 rings (SSSR count). The molecular weight excluding hydrogens is 248 g/mol. The van der Waals surface area contributed by atoms with Crippen LogP contribution in [-0.2, 0) is 16.0 Å². The van der Waals surface area contributed by atoms with Crippen LogP contribution in [-0.4, -0.2) is 41.2 Å². The van der Waals surface area contributed by atoms with Gasteiger partial charge in [0.2, 0.25) is 5.89 Å². The maximum absolute atomic E-state index is 12.8. The lowest BCUT2D eigenvalue weighted by Crippen LogP contribution is -2.28. The Balaban J connectivity index is 1.66. The first-order chi connectivity index (χ1) is 8.47. The van der Waals surface area contributed by atoms with E-state index in [-0.39, 0.29) is 6.54 Å². The molecule has 0 bridgehead atoms. The van der Waals surface area contributed by atoms with E-state index in [0.29, 0.717) is 24.7 Å². The fraction of sp³-hybridized carbons (Fsp3) is 0.700. The summed E-state index contributed by atoms with van der Waals surface area (Å²) in [6.45, 7) is 2.39. The monoisotopic (exact) mass is 261 g/mol. The van der Waals surface area contributed by atoms with Crippen molar-refractivity contribution in [3.63, 3.8) is 0 Å². The fourth-order valence-electron chi connectivity index (χ4n) is 1.66. The predicted octanol–water partition coefficient (Wildman–Crippen LogP) is 0.461. The second-order valence-corrected chi connectivity index (χ2v) is 4.13. The molecule has 1 unspecified atom stereocenters. The molecule has 1 aliphatic heterocycles. The van der Waals surface area contributed by atoms with Gasteiger partial charge in [0.25, 0.3) is 0 Å². The quantitative estimate of drug-likeness (QED) is 0.613. The Labute approximate surface area is 102 Å². The molecule has 1 aromatic heterocycles. The van der Waals surface area contributed by atoms with Crippen molar-refractivity contribution in [1.82, 2.24) is 15.5 Å². The first-order valence-electron chi connectivity index (χ1n) is 5.56. The number of alkyl halides is 2. The maximum Gasteiger partial charge on any atom is 0.377 e. The van der Waals surface area contributed by atoms with Crippen molar-refractivity contribution >= 4 is 5.97 Å². The smallest absolute Gasteiger partial charge is 0.377 e. The summed E-state index contributed by atoms with van der Waals surface area (Å²) in [4.78, 5) is 14.7. The van der Waals surface area contributed by atoms with E-state index in [1.807, 2.05) is 0 Å². The minimum atomic E-state index is -3.35. The lowest BCUT2D eigenvalue weighted by Gasteiger charge is -2.08. The Morgan fingerprint density at radius 2 is 2.33 bits per heavy atom. The summed E-state index contributed by atoms with van der Waals surface area (Å²) in [6, 6.07) is 0. The van der Waals surface area contributed by atoms with Crippen LogP contribution in [0.2, 0.25) is 0 Å². The highest BCUT2D eigenvalue weighted by molar-refractivity contribution is 5.79. The largest absolute Gasteiger partial charge is 0.456 e. The highest BCUT2D eigenvalue weighted by Crippen LogP contribution is 2.30. The van der Waals surface area contributed by atoms with Crippen LogP contribution in [0.15, 0.2) is 4.52 Å². The average molecular weight is 261 g/mol. The van der Waals surface area contributed by atoms with E-state index in [4.69, 9.17) is 4.52 Å². The second kappa shape index (κ2) is 4.97. The van der Waals surface area contributed by atoms with Crippen molar-refractivity contribution in [2.75, 3.05) is 13.1 Å². The average Bonchev–Trinajstić information content (AvgIpc) is 2.79. The summed E-state index contributed by atoms with van der Waals surface area (Å²) in [5, 5.41) is 6.52. The lowest BCUT2D eigenvalue weighted by atomic mass is 10.2. The van der Waals surface area contributed by atoms with E-state index in [1.54, 1.807) is 6.92 Å². The Morgan fingerprint density at radius 3 is 2.89 bits per heavy atom. The van der Waals surface area contributed by atoms with Crippen LogP contribution in [0.4, 0.5) is 8.78 Å². The third-order valence-corrected chi connectivity index (χ3v) is 2.51. The van der Waals surface area contributed by atoms with E-state index >= 15 is 0 Å². The molecule has 18 heavy (non-hydrogen) atoms. The summed E-state index contributed by atoms with van der Waals surface area (Å²) in [6.07, 6.45) is -0.854. The van der Waals surface area contributed by atoms with Gasteiger partial charge in [-0.25, -0.2) is 4.79 Å². The number of hydrogen-bond donors (Lipinski definition) is 1. The Morgan fingerprint density at radius 1 is 1.56 bits per heavy atom. The number of nitrogens with one attached hydrogen (secondary N) is 1. The van der Waals surface area contributed by atoms with Gasteiger partial charge in [0.1, 0.15) is 6.10 Å². The van der Waals surface area contributed by atoms with Gasteiger partial charge in [-0.1, -0.05) is 5.16 Å². The normalized spacial score (nSPS) is 22.2. The molecule has 0 spiro atoms. The Kier molecular flexibility index (Phi) is 3.55. The Bertz CT molecular complexity index is 436. The van der Waals surface area contributed by atoms with Crippen molar-refractivity contribution < 1.29 is 22.8 Å². The summed E-state index contributed by atoms with van der Waals surface area (Å²) in [5.41, 5.74) is 0. The van der Waals surface area contributed by atoms with Gasteiger partial charge in [-0.3, -0.25) is 0 Å². The fourth-order valence-corrected chi connectivity index (χ4v) is 1.66. The number of halogens is 2. The van der Waals surface area contributed by atoms with Gasteiger partial charge in [0.15, 0.2) is 5.82 Å². The zero-order valence-electron chi connectivity index (χ0n) is 9.78. The molecule has 0 aromatic carbocycles. The van der Waals surface area contributed by atoms with Crippen LogP contribution in [0.1, 0.15) is 18.1 Å². The first-order valence-corrected chi connectivity index (χ1v) is 5.56. The van der Waals surface area contributed by atoms with Gasteiger partial charge in [-0.05, 0) is 6.92 Å². The third-order valence-electron chi connectivity index (χ3n) is 2.51. The first kappa shape index (κ1) is 12.9. The van der Waals surface area contributed by atoms with Crippen LogP contribution in [0, 0.1) is 6.92 Å². The molecular formula is C10H13F2N3O3. The maximum atomic E-state index is 12.8. The predicted molar refractivity (Wildman–Crippen MR) is 55.1 cm³/mol. The molecule has 1 saturated heterocycles.